The summed E-state index contributed by atoms with van der Waals surface area (Å²) < 4.78 is 0. The van der Waals surface area contributed by atoms with E-state index in [9.17, 15) is 0 Å². The fraction of sp³-hybridized carbons (Fsp3) is 1.00. The molecule has 0 bridgehead atoms. The van der Waals surface area contributed by atoms with Gasteiger partial charge in [-0.05, 0) is 45.2 Å². The summed E-state index contributed by atoms with van der Waals surface area (Å²) in [6.45, 7) is 3.78. The summed E-state index contributed by atoms with van der Waals surface area (Å²) in [5.41, 5.74) is 0.639. The lowest BCUT2D eigenvalue weighted by molar-refractivity contribution is 0.132. The molecule has 2 atom stereocenters. The first-order valence-corrected chi connectivity index (χ1v) is 4.97. The molecule has 0 N–H and O–H groups in total. The minimum absolute atomic E-state index is 0.639. The molecule has 0 amide bonds. The highest BCUT2D eigenvalue weighted by Crippen LogP contribution is 2.45. The topological polar surface area (TPSA) is 3.24 Å². The van der Waals surface area contributed by atoms with Gasteiger partial charge in [0.1, 0.15) is 0 Å². The first-order valence-electron chi connectivity index (χ1n) is 4.97. The first kappa shape index (κ1) is 7.60. The zero-order valence-corrected chi connectivity index (χ0v) is 7.77. The molecule has 1 saturated carbocycles. The van der Waals surface area contributed by atoms with Crippen molar-refractivity contribution < 1.29 is 0 Å². The Morgan fingerprint density at radius 3 is 2.45 bits per heavy atom. The molecule has 2 unspecified atom stereocenters. The van der Waals surface area contributed by atoms with Crippen LogP contribution in [-0.4, -0.2) is 24.0 Å². The second-order valence-electron chi connectivity index (χ2n) is 4.42. The molecule has 2 rings (SSSR count). The van der Waals surface area contributed by atoms with Gasteiger partial charge < -0.3 is 4.90 Å². The maximum atomic E-state index is 2.62. The SMILES string of the molecule is CC1CCCC12CCCN2C. The van der Waals surface area contributed by atoms with Crippen molar-refractivity contribution in [2.75, 3.05) is 13.6 Å². The van der Waals surface area contributed by atoms with Gasteiger partial charge in [0.15, 0.2) is 0 Å². The van der Waals surface area contributed by atoms with Gasteiger partial charge in [0.05, 0.1) is 0 Å². The second-order valence-corrected chi connectivity index (χ2v) is 4.42. The van der Waals surface area contributed by atoms with Crippen LogP contribution in [0, 0.1) is 5.92 Å². The van der Waals surface area contributed by atoms with Crippen molar-refractivity contribution in [3.8, 4) is 0 Å². The van der Waals surface area contributed by atoms with Gasteiger partial charge in [0, 0.05) is 5.54 Å². The smallest absolute Gasteiger partial charge is 0.0232 e. The highest BCUT2D eigenvalue weighted by atomic mass is 15.2. The van der Waals surface area contributed by atoms with Crippen LogP contribution in [0.5, 0.6) is 0 Å². The lowest BCUT2D eigenvalue weighted by Gasteiger charge is -2.36. The standard InChI is InChI=1S/C10H19N/c1-9-5-3-6-10(9)7-4-8-11(10)2/h9H,3-8H2,1-2H3. The molecule has 1 heterocycles. The monoisotopic (exact) mass is 153 g/mol. The Labute approximate surface area is 69.8 Å². The summed E-state index contributed by atoms with van der Waals surface area (Å²) in [4.78, 5) is 2.62. The molecular formula is C10H19N. The van der Waals surface area contributed by atoms with Crippen molar-refractivity contribution in [1.29, 1.82) is 0 Å². The average Bonchev–Trinajstić information content (AvgIpc) is 2.48. The zero-order valence-electron chi connectivity index (χ0n) is 7.77. The molecule has 0 aromatic carbocycles. The molecule has 1 saturated heterocycles. The third kappa shape index (κ3) is 0.936. The van der Waals surface area contributed by atoms with Crippen LogP contribution in [-0.2, 0) is 0 Å². The largest absolute Gasteiger partial charge is 0.300 e. The molecule has 1 heteroatoms. The van der Waals surface area contributed by atoms with E-state index in [0.717, 1.165) is 5.92 Å². The van der Waals surface area contributed by atoms with Crippen LogP contribution in [0.2, 0.25) is 0 Å². The number of rotatable bonds is 0. The van der Waals surface area contributed by atoms with E-state index in [0.29, 0.717) is 5.54 Å². The molecule has 2 fully saturated rings. The summed E-state index contributed by atoms with van der Waals surface area (Å²) in [5, 5.41) is 0. The van der Waals surface area contributed by atoms with Crippen LogP contribution in [0.3, 0.4) is 0 Å². The van der Waals surface area contributed by atoms with Gasteiger partial charge in [-0.3, -0.25) is 0 Å². The van der Waals surface area contributed by atoms with Gasteiger partial charge in [-0.1, -0.05) is 13.3 Å². The highest BCUT2D eigenvalue weighted by Gasteiger charge is 2.45. The van der Waals surface area contributed by atoms with Crippen LogP contribution in [0.1, 0.15) is 39.0 Å². The third-order valence-corrected chi connectivity index (χ3v) is 4.03. The van der Waals surface area contributed by atoms with Crippen molar-refractivity contribution >= 4 is 0 Å². The van der Waals surface area contributed by atoms with E-state index in [1.165, 1.54) is 38.6 Å². The molecule has 64 valence electrons. The maximum Gasteiger partial charge on any atom is 0.0232 e. The van der Waals surface area contributed by atoms with Gasteiger partial charge >= 0.3 is 0 Å². The molecule has 1 nitrogen and oxygen atoms in total. The fourth-order valence-electron chi connectivity index (χ4n) is 3.20. The van der Waals surface area contributed by atoms with Crippen LogP contribution < -0.4 is 0 Å². The second kappa shape index (κ2) is 2.48. The van der Waals surface area contributed by atoms with E-state index in [1.54, 1.807) is 0 Å². The number of hydrogen-bond donors (Lipinski definition) is 0. The molecule has 0 aromatic heterocycles. The highest BCUT2D eigenvalue weighted by molar-refractivity contribution is 5.01. The molecular weight excluding hydrogens is 134 g/mol. The Morgan fingerprint density at radius 2 is 2.00 bits per heavy atom. The Balaban J connectivity index is 2.19. The quantitative estimate of drug-likeness (QED) is 0.516. The Kier molecular flexibility index (Phi) is 1.71. The van der Waals surface area contributed by atoms with E-state index < -0.39 is 0 Å². The number of nitrogens with zero attached hydrogens (tertiary/aromatic N) is 1. The van der Waals surface area contributed by atoms with Crippen LogP contribution in [0.25, 0.3) is 0 Å². The lowest BCUT2D eigenvalue weighted by atomic mass is 9.86. The van der Waals surface area contributed by atoms with Crippen molar-refractivity contribution in [3.05, 3.63) is 0 Å². The van der Waals surface area contributed by atoms with Crippen LogP contribution in [0.15, 0.2) is 0 Å². The fourth-order valence-corrected chi connectivity index (χ4v) is 3.20. The number of hydrogen-bond acceptors (Lipinski definition) is 1. The molecule has 1 spiro atoms. The molecule has 0 radical (unpaired) electrons. The lowest BCUT2D eigenvalue weighted by Crippen LogP contribution is -2.43. The van der Waals surface area contributed by atoms with Gasteiger partial charge in [0.2, 0.25) is 0 Å². The Morgan fingerprint density at radius 1 is 1.27 bits per heavy atom. The summed E-state index contributed by atoms with van der Waals surface area (Å²) in [6.07, 6.45) is 7.28. The Hall–Kier alpha value is -0.0400. The van der Waals surface area contributed by atoms with Gasteiger partial charge in [-0.2, -0.15) is 0 Å². The molecule has 11 heavy (non-hydrogen) atoms. The van der Waals surface area contributed by atoms with Crippen LogP contribution in [0.4, 0.5) is 0 Å². The normalized spacial score (nSPS) is 45.8. The van der Waals surface area contributed by atoms with Gasteiger partial charge in [-0.15, -0.1) is 0 Å². The maximum absolute atomic E-state index is 2.62. The van der Waals surface area contributed by atoms with Crippen molar-refractivity contribution in [2.45, 2.75) is 44.6 Å². The summed E-state index contributed by atoms with van der Waals surface area (Å²) in [7, 11) is 2.31. The van der Waals surface area contributed by atoms with Gasteiger partial charge in [0.25, 0.3) is 0 Å². The van der Waals surface area contributed by atoms with E-state index in [1.807, 2.05) is 0 Å². The predicted octanol–water partition coefficient (Wildman–Crippen LogP) is 2.27. The molecule has 1 aliphatic carbocycles. The average molecular weight is 153 g/mol. The molecule has 2 aliphatic rings. The summed E-state index contributed by atoms with van der Waals surface area (Å²) >= 11 is 0. The van der Waals surface area contributed by atoms with Crippen molar-refractivity contribution in [3.63, 3.8) is 0 Å². The summed E-state index contributed by atoms with van der Waals surface area (Å²) in [6, 6.07) is 0. The Bertz CT molecular complexity index is 135. The minimum atomic E-state index is 0.639. The van der Waals surface area contributed by atoms with E-state index in [2.05, 4.69) is 18.9 Å². The summed E-state index contributed by atoms with van der Waals surface area (Å²) in [5.74, 6) is 0.954. The van der Waals surface area contributed by atoms with Crippen molar-refractivity contribution in [1.82, 2.24) is 4.90 Å². The molecule has 0 aromatic rings. The minimum Gasteiger partial charge on any atom is -0.300 e. The van der Waals surface area contributed by atoms with Gasteiger partial charge in [-0.25, -0.2) is 0 Å². The molecule has 1 aliphatic heterocycles. The van der Waals surface area contributed by atoms with E-state index in [-0.39, 0.29) is 0 Å². The van der Waals surface area contributed by atoms with E-state index in [4.69, 9.17) is 0 Å². The third-order valence-electron chi connectivity index (χ3n) is 4.03. The van der Waals surface area contributed by atoms with Crippen molar-refractivity contribution in [2.24, 2.45) is 5.92 Å². The van der Waals surface area contributed by atoms with Crippen LogP contribution >= 0.6 is 0 Å². The zero-order chi connectivity index (χ0) is 7.90. The number of likely N-dealkylation sites (tertiary alicyclic amines) is 1. The predicted molar refractivity (Wildman–Crippen MR) is 47.6 cm³/mol. The first-order chi connectivity index (χ1) is 5.26. The van der Waals surface area contributed by atoms with E-state index >= 15 is 0 Å².